The maximum atomic E-state index is 3.54. The number of hydrogen-bond acceptors (Lipinski definition) is 1. The number of rotatable bonds is 7. The molecule has 80 valence electrons. The second-order valence-corrected chi connectivity index (χ2v) is 4.96. The van der Waals surface area contributed by atoms with Gasteiger partial charge in [0.25, 0.3) is 0 Å². The van der Waals surface area contributed by atoms with E-state index in [-0.39, 0.29) is 0 Å². The molecule has 0 heterocycles. The van der Waals surface area contributed by atoms with E-state index in [4.69, 9.17) is 0 Å². The van der Waals surface area contributed by atoms with Crippen LogP contribution in [0.3, 0.4) is 0 Å². The molecular weight excluding hydrogens is 158 g/mol. The predicted molar refractivity (Wildman–Crippen MR) is 60.9 cm³/mol. The van der Waals surface area contributed by atoms with Gasteiger partial charge in [-0.15, -0.1) is 0 Å². The van der Waals surface area contributed by atoms with Crippen molar-refractivity contribution in [2.24, 2.45) is 17.8 Å². The maximum Gasteiger partial charge on any atom is -0.00204 e. The summed E-state index contributed by atoms with van der Waals surface area (Å²) in [5.41, 5.74) is 0. The van der Waals surface area contributed by atoms with E-state index in [1.807, 2.05) is 0 Å². The van der Waals surface area contributed by atoms with Crippen molar-refractivity contribution >= 4 is 0 Å². The van der Waals surface area contributed by atoms with Gasteiger partial charge in [0.2, 0.25) is 0 Å². The maximum absolute atomic E-state index is 3.54. The normalized spacial score (nSPS) is 14.1. The molecule has 0 amide bonds. The smallest absolute Gasteiger partial charge is 0.00204 e. The molecule has 0 radical (unpaired) electrons. The molecule has 1 atom stereocenters. The van der Waals surface area contributed by atoms with Gasteiger partial charge in [0, 0.05) is 0 Å². The van der Waals surface area contributed by atoms with E-state index >= 15 is 0 Å². The second-order valence-electron chi connectivity index (χ2n) is 4.96. The van der Waals surface area contributed by atoms with Crippen LogP contribution in [0.5, 0.6) is 0 Å². The Morgan fingerprint density at radius 1 is 0.923 bits per heavy atom. The summed E-state index contributed by atoms with van der Waals surface area (Å²) >= 11 is 0. The van der Waals surface area contributed by atoms with Crippen LogP contribution in [0.4, 0.5) is 0 Å². The van der Waals surface area contributed by atoms with Crippen LogP contribution in [0, 0.1) is 17.8 Å². The number of hydrogen-bond donors (Lipinski definition) is 1. The fourth-order valence-corrected chi connectivity index (χ4v) is 1.64. The van der Waals surface area contributed by atoms with Gasteiger partial charge in [-0.05, 0) is 37.3 Å². The molecule has 1 unspecified atom stereocenters. The zero-order valence-corrected chi connectivity index (χ0v) is 10.1. The van der Waals surface area contributed by atoms with Gasteiger partial charge in [-0.1, -0.05) is 41.0 Å². The van der Waals surface area contributed by atoms with E-state index in [0.29, 0.717) is 0 Å². The van der Waals surface area contributed by atoms with Crippen molar-refractivity contribution in [1.29, 1.82) is 0 Å². The molecule has 0 aliphatic heterocycles. The molecule has 13 heavy (non-hydrogen) atoms. The standard InChI is InChI=1S/C12H27N/c1-6-12(7-10(2)3)9-13-8-11(4)5/h10-13H,6-9H2,1-5H3. The van der Waals surface area contributed by atoms with Gasteiger partial charge >= 0.3 is 0 Å². The minimum absolute atomic E-state index is 0.775. The van der Waals surface area contributed by atoms with E-state index in [0.717, 1.165) is 24.3 Å². The molecule has 1 heteroatoms. The molecule has 0 aromatic heterocycles. The van der Waals surface area contributed by atoms with E-state index < -0.39 is 0 Å². The molecular formula is C12H27N. The van der Waals surface area contributed by atoms with Crippen molar-refractivity contribution < 1.29 is 0 Å². The minimum atomic E-state index is 0.775. The molecule has 1 N–H and O–H groups in total. The zero-order valence-electron chi connectivity index (χ0n) is 10.1. The average Bonchev–Trinajstić information content (AvgIpc) is 2.01. The summed E-state index contributed by atoms with van der Waals surface area (Å²) in [6.07, 6.45) is 2.67. The van der Waals surface area contributed by atoms with Gasteiger partial charge in [0.05, 0.1) is 0 Å². The topological polar surface area (TPSA) is 12.0 Å². The molecule has 0 aliphatic rings. The van der Waals surface area contributed by atoms with Crippen LogP contribution in [-0.2, 0) is 0 Å². The van der Waals surface area contributed by atoms with Crippen LogP contribution >= 0.6 is 0 Å². The summed E-state index contributed by atoms with van der Waals surface area (Å²) in [6, 6.07) is 0. The molecule has 1 nitrogen and oxygen atoms in total. The van der Waals surface area contributed by atoms with Crippen LogP contribution in [0.25, 0.3) is 0 Å². The van der Waals surface area contributed by atoms with Gasteiger partial charge < -0.3 is 5.32 Å². The van der Waals surface area contributed by atoms with Crippen molar-refractivity contribution in [2.75, 3.05) is 13.1 Å². The molecule has 0 aliphatic carbocycles. The Bertz CT molecular complexity index is 108. The summed E-state index contributed by atoms with van der Waals surface area (Å²) in [5, 5.41) is 3.54. The van der Waals surface area contributed by atoms with E-state index in [2.05, 4.69) is 39.9 Å². The monoisotopic (exact) mass is 185 g/mol. The van der Waals surface area contributed by atoms with Gasteiger partial charge in [-0.25, -0.2) is 0 Å². The predicted octanol–water partition coefficient (Wildman–Crippen LogP) is 3.30. The van der Waals surface area contributed by atoms with Gasteiger partial charge in [0.15, 0.2) is 0 Å². The first-order chi connectivity index (χ1) is 6.06. The number of nitrogens with one attached hydrogen (secondary N) is 1. The molecule has 0 saturated carbocycles. The summed E-state index contributed by atoms with van der Waals surface area (Å²) < 4.78 is 0. The average molecular weight is 185 g/mol. The molecule has 0 fully saturated rings. The zero-order chi connectivity index (χ0) is 10.3. The third kappa shape index (κ3) is 8.29. The Morgan fingerprint density at radius 2 is 1.54 bits per heavy atom. The third-order valence-corrected chi connectivity index (χ3v) is 2.37. The third-order valence-electron chi connectivity index (χ3n) is 2.37. The van der Waals surface area contributed by atoms with Gasteiger partial charge in [-0.2, -0.15) is 0 Å². The van der Waals surface area contributed by atoms with Gasteiger partial charge in [0.1, 0.15) is 0 Å². The first kappa shape index (κ1) is 13.0. The van der Waals surface area contributed by atoms with Crippen molar-refractivity contribution in [3.8, 4) is 0 Å². The summed E-state index contributed by atoms with van der Waals surface area (Å²) in [4.78, 5) is 0. The lowest BCUT2D eigenvalue weighted by Gasteiger charge is -2.18. The molecule has 0 aromatic rings. The quantitative estimate of drug-likeness (QED) is 0.641. The minimum Gasteiger partial charge on any atom is -0.316 e. The summed E-state index contributed by atoms with van der Waals surface area (Å²) in [7, 11) is 0. The van der Waals surface area contributed by atoms with Crippen molar-refractivity contribution in [3.63, 3.8) is 0 Å². The summed E-state index contributed by atoms with van der Waals surface area (Å²) in [5.74, 6) is 2.49. The lowest BCUT2D eigenvalue weighted by molar-refractivity contribution is 0.369. The fourth-order valence-electron chi connectivity index (χ4n) is 1.64. The molecule has 0 rings (SSSR count). The van der Waals surface area contributed by atoms with E-state index in [9.17, 15) is 0 Å². The largest absolute Gasteiger partial charge is 0.316 e. The Morgan fingerprint density at radius 3 is 1.92 bits per heavy atom. The van der Waals surface area contributed by atoms with Crippen molar-refractivity contribution in [1.82, 2.24) is 5.32 Å². The van der Waals surface area contributed by atoms with Crippen molar-refractivity contribution in [2.45, 2.75) is 47.5 Å². The Labute approximate surface area is 84.3 Å². The lowest BCUT2D eigenvalue weighted by Crippen LogP contribution is -2.26. The molecule has 0 bridgehead atoms. The molecule has 0 saturated heterocycles. The SMILES string of the molecule is CCC(CNCC(C)C)CC(C)C. The van der Waals surface area contributed by atoms with E-state index in [1.54, 1.807) is 0 Å². The van der Waals surface area contributed by atoms with Crippen LogP contribution in [0.2, 0.25) is 0 Å². The highest BCUT2D eigenvalue weighted by molar-refractivity contribution is 4.63. The van der Waals surface area contributed by atoms with Crippen LogP contribution < -0.4 is 5.32 Å². The Hall–Kier alpha value is -0.0400. The van der Waals surface area contributed by atoms with Gasteiger partial charge in [-0.3, -0.25) is 0 Å². The highest BCUT2D eigenvalue weighted by Crippen LogP contribution is 2.13. The lowest BCUT2D eigenvalue weighted by atomic mass is 9.95. The second kappa shape index (κ2) is 7.37. The Kier molecular flexibility index (Phi) is 7.35. The van der Waals surface area contributed by atoms with E-state index in [1.165, 1.54) is 19.4 Å². The Balaban J connectivity index is 3.48. The first-order valence-electron chi connectivity index (χ1n) is 5.76. The van der Waals surface area contributed by atoms with Crippen LogP contribution in [0.15, 0.2) is 0 Å². The molecule has 0 spiro atoms. The van der Waals surface area contributed by atoms with Crippen molar-refractivity contribution in [3.05, 3.63) is 0 Å². The highest BCUT2D eigenvalue weighted by Gasteiger charge is 2.07. The molecule has 0 aromatic carbocycles. The van der Waals surface area contributed by atoms with Crippen LogP contribution in [-0.4, -0.2) is 13.1 Å². The first-order valence-corrected chi connectivity index (χ1v) is 5.76. The van der Waals surface area contributed by atoms with Crippen LogP contribution in [0.1, 0.15) is 47.5 Å². The fraction of sp³-hybridized carbons (Fsp3) is 1.00. The highest BCUT2D eigenvalue weighted by atomic mass is 14.9. The summed E-state index contributed by atoms with van der Waals surface area (Å²) in [6.45, 7) is 13.8.